The van der Waals surface area contributed by atoms with E-state index in [1.54, 1.807) is 16.8 Å². The van der Waals surface area contributed by atoms with Crippen LogP contribution in [0.5, 0.6) is 0 Å². The number of rotatable bonds is 1. The molecule has 17 heavy (non-hydrogen) atoms. The lowest BCUT2D eigenvalue weighted by molar-refractivity contribution is -0.117. The first-order valence-corrected chi connectivity index (χ1v) is 5.93. The zero-order valence-electron chi connectivity index (χ0n) is 8.75. The highest BCUT2D eigenvalue weighted by Crippen LogP contribution is 2.19. The molecule has 0 aliphatic carbocycles. The second-order valence-corrected chi connectivity index (χ2v) is 4.84. The van der Waals surface area contributed by atoms with Gasteiger partial charge in [-0.25, -0.2) is 4.52 Å². The molecule has 6 nitrogen and oxygen atoms in total. The number of aliphatic hydroxyl groups is 1. The van der Waals surface area contributed by atoms with Crippen molar-refractivity contribution < 1.29 is 9.90 Å². The van der Waals surface area contributed by atoms with Crippen LogP contribution in [-0.4, -0.2) is 38.3 Å². The molecule has 0 bridgehead atoms. The smallest absolute Gasteiger partial charge is 0.252 e. The van der Waals surface area contributed by atoms with Crippen molar-refractivity contribution in [3.63, 3.8) is 0 Å². The van der Waals surface area contributed by atoms with Crippen molar-refractivity contribution in [2.24, 2.45) is 0 Å². The molecule has 0 spiro atoms. The van der Waals surface area contributed by atoms with E-state index >= 15 is 0 Å². The van der Waals surface area contributed by atoms with E-state index in [0.717, 1.165) is 4.47 Å². The second kappa shape index (κ2) is 3.78. The molecule has 0 aromatic carbocycles. The Morgan fingerprint density at radius 3 is 3.00 bits per heavy atom. The molecule has 0 radical (unpaired) electrons. The van der Waals surface area contributed by atoms with Crippen LogP contribution >= 0.6 is 15.9 Å². The third kappa shape index (κ3) is 1.81. The van der Waals surface area contributed by atoms with Crippen LogP contribution in [0.1, 0.15) is 6.42 Å². The summed E-state index contributed by atoms with van der Waals surface area (Å²) in [6.07, 6.45) is 1.28. The van der Waals surface area contributed by atoms with Gasteiger partial charge in [-0.2, -0.15) is 4.98 Å². The first-order chi connectivity index (χ1) is 8.13. The maximum absolute atomic E-state index is 11.6. The largest absolute Gasteiger partial charge is 0.391 e. The highest BCUT2D eigenvalue weighted by Gasteiger charge is 2.31. The average molecular weight is 297 g/mol. The lowest BCUT2D eigenvalue weighted by Gasteiger charge is -2.09. The van der Waals surface area contributed by atoms with Gasteiger partial charge < -0.3 is 5.11 Å². The fraction of sp³-hybridized carbons (Fsp3) is 0.300. The molecular formula is C10H9BrN4O2. The summed E-state index contributed by atoms with van der Waals surface area (Å²) in [5.74, 6) is 0.192. The molecule has 1 unspecified atom stereocenters. The van der Waals surface area contributed by atoms with Crippen LogP contribution in [-0.2, 0) is 4.79 Å². The maximum atomic E-state index is 11.6. The van der Waals surface area contributed by atoms with E-state index in [2.05, 4.69) is 26.0 Å². The third-order valence-electron chi connectivity index (χ3n) is 2.63. The van der Waals surface area contributed by atoms with Crippen molar-refractivity contribution in [2.75, 3.05) is 11.4 Å². The van der Waals surface area contributed by atoms with Gasteiger partial charge in [0.1, 0.15) is 0 Å². The van der Waals surface area contributed by atoms with Crippen molar-refractivity contribution >= 4 is 33.4 Å². The van der Waals surface area contributed by atoms with Crippen LogP contribution < -0.4 is 4.90 Å². The number of β-amino-alcohol motifs (C(OH)–C–C–N with tert-alkyl or cyclic N) is 1. The van der Waals surface area contributed by atoms with Crippen molar-refractivity contribution in [3.8, 4) is 0 Å². The summed E-state index contributed by atoms with van der Waals surface area (Å²) in [7, 11) is 0. The molecule has 0 saturated carbocycles. The number of pyridine rings is 1. The minimum absolute atomic E-state index is 0.138. The predicted molar refractivity (Wildman–Crippen MR) is 63.7 cm³/mol. The van der Waals surface area contributed by atoms with E-state index < -0.39 is 6.10 Å². The van der Waals surface area contributed by atoms with Crippen LogP contribution in [0.15, 0.2) is 22.8 Å². The van der Waals surface area contributed by atoms with E-state index in [1.807, 2.05) is 6.07 Å². The molecule has 3 heterocycles. The molecule has 2 aromatic heterocycles. The molecule has 88 valence electrons. The minimum atomic E-state index is -0.624. The monoisotopic (exact) mass is 296 g/mol. The number of aliphatic hydroxyl groups excluding tert-OH is 1. The number of fused-ring (bicyclic) bond motifs is 1. The molecule has 2 aromatic rings. The Morgan fingerprint density at radius 2 is 2.29 bits per heavy atom. The van der Waals surface area contributed by atoms with E-state index in [1.165, 1.54) is 4.90 Å². The van der Waals surface area contributed by atoms with Gasteiger partial charge >= 0.3 is 0 Å². The predicted octanol–water partition coefficient (Wildman–Crippen LogP) is 0.589. The number of nitrogens with zero attached hydrogens (tertiary/aromatic N) is 4. The van der Waals surface area contributed by atoms with Crippen LogP contribution in [0, 0.1) is 0 Å². The van der Waals surface area contributed by atoms with Gasteiger partial charge in [-0.3, -0.25) is 9.69 Å². The van der Waals surface area contributed by atoms with Crippen LogP contribution in [0.2, 0.25) is 0 Å². The summed E-state index contributed by atoms with van der Waals surface area (Å²) in [6.45, 7) is 0.261. The third-order valence-corrected chi connectivity index (χ3v) is 3.10. The number of anilines is 1. The number of amides is 1. The van der Waals surface area contributed by atoms with E-state index in [-0.39, 0.29) is 18.9 Å². The Labute approximate surface area is 105 Å². The summed E-state index contributed by atoms with van der Waals surface area (Å²) in [6, 6.07) is 3.66. The van der Waals surface area contributed by atoms with Crippen molar-refractivity contribution in [1.82, 2.24) is 14.6 Å². The second-order valence-electron chi connectivity index (χ2n) is 3.92. The van der Waals surface area contributed by atoms with Gasteiger partial charge in [0.25, 0.3) is 5.95 Å². The van der Waals surface area contributed by atoms with Crippen LogP contribution in [0.4, 0.5) is 5.95 Å². The molecule has 7 heteroatoms. The standard InChI is InChI=1S/C10H9BrN4O2/c11-6-1-2-8-12-10(13-15(8)4-6)14-5-7(16)3-9(14)17/h1-2,4,7,16H,3,5H2. The summed E-state index contributed by atoms with van der Waals surface area (Å²) in [4.78, 5) is 17.3. The Hall–Kier alpha value is -1.47. The molecule has 1 aliphatic rings. The molecule has 1 N–H and O–H groups in total. The van der Waals surface area contributed by atoms with Crippen LogP contribution in [0.25, 0.3) is 5.65 Å². The number of hydrogen-bond acceptors (Lipinski definition) is 4. The van der Waals surface area contributed by atoms with Gasteiger partial charge in [-0.1, -0.05) is 0 Å². The van der Waals surface area contributed by atoms with Crippen LogP contribution in [0.3, 0.4) is 0 Å². The number of hydrogen-bond donors (Lipinski definition) is 1. The Bertz CT molecular complexity index is 597. The molecule has 1 aliphatic heterocycles. The van der Waals surface area contributed by atoms with Gasteiger partial charge in [-0.15, -0.1) is 5.10 Å². The SMILES string of the molecule is O=C1CC(O)CN1c1nc2ccc(Br)cn2n1. The summed E-state index contributed by atoms with van der Waals surface area (Å²) in [5.41, 5.74) is 0.664. The summed E-state index contributed by atoms with van der Waals surface area (Å²) >= 11 is 3.34. The molecule has 1 fully saturated rings. The van der Waals surface area contributed by atoms with Crippen molar-refractivity contribution in [1.29, 1.82) is 0 Å². The summed E-state index contributed by atoms with van der Waals surface area (Å²) in [5, 5.41) is 13.6. The van der Waals surface area contributed by atoms with Crippen molar-refractivity contribution in [3.05, 3.63) is 22.8 Å². The average Bonchev–Trinajstić information content (AvgIpc) is 2.80. The molecule has 3 rings (SSSR count). The normalized spacial score (nSPS) is 20.5. The highest BCUT2D eigenvalue weighted by atomic mass is 79.9. The maximum Gasteiger partial charge on any atom is 0.252 e. The van der Waals surface area contributed by atoms with Gasteiger partial charge in [0, 0.05) is 10.7 Å². The Morgan fingerprint density at radius 1 is 1.47 bits per heavy atom. The fourth-order valence-corrected chi connectivity index (χ4v) is 2.17. The molecular weight excluding hydrogens is 288 g/mol. The quantitative estimate of drug-likeness (QED) is 0.836. The topological polar surface area (TPSA) is 70.7 Å². The molecule has 1 atom stereocenters. The van der Waals surface area contributed by atoms with E-state index in [4.69, 9.17) is 0 Å². The molecule has 1 amide bonds. The first kappa shape index (κ1) is 10.7. The number of halogens is 1. The van der Waals surface area contributed by atoms with E-state index in [9.17, 15) is 9.90 Å². The Kier molecular flexibility index (Phi) is 2.37. The lowest BCUT2D eigenvalue weighted by atomic mass is 10.3. The lowest BCUT2D eigenvalue weighted by Crippen LogP contribution is -2.26. The van der Waals surface area contributed by atoms with Gasteiger partial charge in [-0.05, 0) is 28.1 Å². The first-order valence-electron chi connectivity index (χ1n) is 5.14. The fourth-order valence-electron chi connectivity index (χ4n) is 1.84. The zero-order valence-corrected chi connectivity index (χ0v) is 10.3. The van der Waals surface area contributed by atoms with Crippen molar-refractivity contribution in [2.45, 2.75) is 12.5 Å². The minimum Gasteiger partial charge on any atom is -0.391 e. The molecule has 1 saturated heterocycles. The van der Waals surface area contributed by atoms with Gasteiger partial charge in [0.05, 0.1) is 19.1 Å². The number of carbonyl (C=O) groups is 1. The number of carbonyl (C=O) groups excluding carboxylic acids is 1. The van der Waals surface area contributed by atoms with E-state index in [0.29, 0.717) is 11.6 Å². The van der Waals surface area contributed by atoms with Gasteiger partial charge in [0.2, 0.25) is 5.91 Å². The number of aromatic nitrogens is 3. The Balaban J connectivity index is 2.03. The zero-order chi connectivity index (χ0) is 12.0. The summed E-state index contributed by atoms with van der Waals surface area (Å²) < 4.78 is 2.48. The van der Waals surface area contributed by atoms with Gasteiger partial charge in [0.15, 0.2) is 5.65 Å². The highest BCUT2D eigenvalue weighted by molar-refractivity contribution is 9.10.